The molecule has 1 unspecified atom stereocenters. The monoisotopic (exact) mass is 371 g/mol. The number of hydrogen-bond donors (Lipinski definition) is 0. The lowest BCUT2D eigenvalue weighted by atomic mass is 10.0. The van der Waals surface area contributed by atoms with Crippen LogP contribution in [0.15, 0.2) is 23.1 Å². The van der Waals surface area contributed by atoms with E-state index in [1.54, 1.807) is 0 Å². The third kappa shape index (κ3) is 4.58. The van der Waals surface area contributed by atoms with Gasteiger partial charge in [-0.05, 0) is 30.2 Å². The fraction of sp³-hybridized carbons (Fsp3) is 0.611. The second kappa shape index (κ2) is 8.76. The van der Waals surface area contributed by atoms with Crippen molar-refractivity contribution in [1.82, 2.24) is 4.31 Å². The Balaban J connectivity index is 2.16. The van der Waals surface area contributed by atoms with Gasteiger partial charge in [-0.25, -0.2) is 12.8 Å². The molecule has 1 aliphatic rings. The fourth-order valence-corrected chi connectivity index (χ4v) is 5.12. The second-order valence-corrected chi connectivity index (χ2v) is 8.22. The largest absolute Gasteiger partial charge is 0.469 e. The van der Waals surface area contributed by atoms with E-state index in [1.807, 2.05) is 0 Å². The molecule has 1 aromatic rings. The minimum absolute atomic E-state index is 0.0915. The number of methoxy groups -OCH3 is 1. The van der Waals surface area contributed by atoms with Crippen molar-refractivity contribution in [2.75, 3.05) is 13.7 Å². The van der Waals surface area contributed by atoms with Gasteiger partial charge in [-0.15, -0.1) is 0 Å². The van der Waals surface area contributed by atoms with Crippen molar-refractivity contribution < 1.29 is 22.3 Å². The Morgan fingerprint density at radius 2 is 1.88 bits per heavy atom. The lowest BCUT2D eigenvalue weighted by molar-refractivity contribution is -0.141. The molecule has 7 heteroatoms. The van der Waals surface area contributed by atoms with Gasteiger partial charge in [0.25, 0.3) is 0 Å². The SMILES string of the molecule is CCCCCCCCN1C(CC(=O)OC)c2cc(F)ccc2S1(=O)=O. The second-order valence-electron chi connectivity index (χ2n) is 6.36. The first-order valence-electron chi connectivity index (χ1n) is 8.80. The van der Waals surface area contributed by atoms with Gasteiger partial charge in [0.15, 0.2) is 0 Å². The molecule has 0 amide bonds. The maximum absolute atomic E-state index is 13.6. The van der Waals surface area contributed by atoms with Crippen LogP contribution < -0.4 is 0 Å². The molecule has 140 valence electrons. The van der Waals surface area contributed by atoms with Crippen molar-refractivity contribution >= 4 is 16.0 Å². The normalized spacial score (nSPS) is 18.9. The third-order valence-electron chi connectivity index (χ3n) is 4.58. The summed E-state index contributed by atoms with van der Waals surface area (Å²) >= 11 is 0. The average Bonchev–Trinajstić information content (AvgIpc) is 2.78. The molecule has 1 aromatic carbocycles. The number of sulfonamides is 1. The number of halogens is 1. The van der Waals surface area contributed by atoms with E-state index < -0.39 is 27.9 Å². The predicted molar refractivity (Wildman–Crippen MR) is 93.0 cm³/mol. The lowest BCUT2D eigenvalue weighted by Gasteiger charge is -2.22. The number of benzene rings is 1. The topological polar surface area (TPSA) is 63.7 Å². The zero-order valence-electron chi connectivity index (χ0n) is 14.8. The number of hydrogen-bond acceptors (Lipinski definition) is 4. The first-order chi connectivity index (χ1) is 11.9. The Morgan fingerprint density at radius 1 is 1.20 bits per heavy atom. The number of unbranched alkanes of at least 4 members (excludes halogenated alkanes) is 5. The smallest absolute Gasteiger partial charge is 0.307 e. The van der Waals surface area contributed by atoms with E-state index >= 15 is 0 Å². The summed E-state index contributed by atoms with van der Waals surface area (Å²) in [4.78, 5) is 11.8. The Bertz CT molecular complexity index is 705. The number of fused-ring (bicyclic) bond motifs is 1. The molecule has 1 atom stereocenters. The predicted octanol–water partition coefficient (Wildman–Crippen LogP) is 3.79. The van der Waals surface area contributed by atoms with Gasteiger partial charge >= 0.3 is 5.97 Å². The van der Waals surface area contributed by atoms with E-state index in [0.29, 0.717) is 12.1 Å². The van der Waals surface area contributed by atoms with Gasteiger partial charge in [0.05, 0.1) is 24.5 Å². The minimum atomic E-state index is -3.70. The van der Waals surface area contributed by atoms with E-state index in [9.17, 15) is 17.6 Å². The molecule has 5 nitrogen and oxygen atoms in total. The molecule has 0 radical (unpaired) electrons. The molecule has 0 saturated carbocycles. The molecule has 0 saturated heterocycles. The maximum atomic E-state index is 13.6. The highest BCUT2D eigenvalue weighted by Gasteiger charge is 2.43. The van der Waals surface area contributed by atoms with E-state index in [4.69, 9.17) is 0 Å². The van der Waals surface area contributed by atoms with Crippen LogP contribution in [0, 0.1) is 5.82 Å². The molecular weight excluding hydrogens is 345 g/mol. The average molecular weight is 371 g/mol. The fourth-order valence-electron chi connectivity index (χ4n) is 3.24. The molecule has 0 spiro atoms. The summed E-state index contributed by atoms with van der Waals surface area (Å²) in [6.45, 7) is 2.47. The molecule has 0 fully saturated rings. The van der Waals surface area contributed by atoms with Gasteiger partial charge in [-0.2, -0.15) is 4.31 Å². The van der Waals surface area contributed by atoms with Crippen molar-refractivity contribution in [3.05, 3.63) is 29.6 Å². The van der Waals surface area contributed by atoms with Crippen molar-refractivity contribution in [1.29, 1.82) is 0 Å². The summed E-state index contributed by atoms with van der Waals surface area (Å²) in [5, 5.41) is 0. The summed E-state index contributed by atoms with van der Waals surface area (Å²) < 4.78 is 45.2. The van der Waals surface area contributed by atoms with Crippen LogP contribution in [0.4, 0.5) is 4.39 Å². The van der Waals surface area contributed by atoms with Crippen LogP contribution in [0.5, 0.6) is 0 Å². The number of ether oxygens (including phenoxy) is 1. The first-order valence-corrected chi connectivity index (χ1v) is 10.2. The van der Waals surface area contributed by atoms with Crippen LogP contribution >= 0.6 is 0 Å². The Morgan fingerprint density at radius 3 is 2.56 bits per heavy atom. The van der Waals surface area contributed by atoms with Crippen LogP contribution in [0.25, 0.3) is 0 Å². The van der Waals surface area contributed by atoms with Gasteiger partial charge in [-0.3, -0.25) is 4.79 Å². The Kier molecular flexibility index (Phi) is 6.95. The zero-order valence-corrected chi connectivity index (χ0v) is 15.6. The summed E-state index contributed by atoms with van der Waals surface area (Å²) in [6, 6.07) is 2.94. The number of esters is 1. The highest BCUT2D eigenvalue weighted by Crippen LogP contribution is 2.42. The highest BCUT2D eigenvalue weighted by molar-refractivity contribution is 7.89. The van der Waals surface area contributed by atoms with Crippen LogP contribution in [-0.4, -0.2) is 32.3 Å². The molecule has 2 rings (SSSR count). The molecule has 0 bridgehead atoms. The van der Waals surface area contributed by atoms with Crippen LogP contribution in [0.3, 0.4) is 0 Å². The van der Waals surface area contributed by atoms with Crippen LogP contribution in [0.2, 0.25) is 0 Å². The van der Waals surface area contributed by atoms with Gasteiger partial charge in [0.2, 0.25) is 10.0 Å². The first kappa shape index (κ1) is 19.8. The minimum Gasteiger partial charge on any atom is -0.469 e. The summed E-state index contributed by atoms with van der Waals surface area (Å²) in [5.41, 5.74) is 0.344. The molecule has 25 heavy (non-hydrogen) atoms. The number of carbonyl (C=O) groups is 1. The molecule has 0 aromatic heterocycles. The number of rotatable bonds is 9. The van der Waals surface area contributed by atoms with Crippen molar-refractivity contribution in [3.8, 4) is 0 Å². The van der Waals surface area contributed by atoms with Gasteiger partial charge in [-0.1, -0.05) is 39.0 Å². The number of carbonyl (C=O) groups excluding carboxylic acids is 1. The van der Waals surface area contributed by atoms with Gasteiger partial charge < -0.3 is 4.74 Å². The molecule has 0 N–H and O–H groups in total. The Hall–Kier alpha value is -1.47. The molecular formula is C18H26FNO4S. The van der Waals surface area contributed by atoms with Crippen molar-refractivity contribution in [2.45, 2.75) is 62.8 Å². The lowest BCUT2D eigenvalue weighted by Crippen LogP contribution is -2.31. The van der Waals surface area contributed by atoms with Gasteiger partial charge in [0.1, 0.15) is 5.82 Å². The van der Waals surface area contributed by atoms with Crippen LogP contribution in [-0.2, 0) is 19.6 Å². The molecule has 1 aliphatic heterocycles. The summed E-state index contributed by atoms with van der Waals surface area (Å²) in [5.74, 6) is -1.02. The van der Waals surface area contributed by atoms with Crippen LogP contribution in [0.1, 0.15) is 63.5 Å². The quantitative estimate of drug-likeness (QED) is 0.489. The Labute approximate surface area is 149 Å². The van der Waals surface area contributed by atoms with E-state index in [-0.39, 0.29) is 11.3 Å². The summed E-state index contributed by atoms with van der Waals surface area (Å²) in [6.07, 6.45) is 6.08. The standard InChI is InChI=1S/C18H26FNO4S/c1-3-4-5-6-7-8-11-20-16(13-18(21)24-2)15-12-14(19)9-10-17(15)25(20,22)23/h9-10,12,16H,3-8,11,13H2,1-2H3. The zero-order chi connectivity index (χ0) is 18.4. The van der Waals surface area contributed by atoms with Gasteiger partial charge in [0, 0.05) is 6.54 Å². The highest BCUT2D eigenvalue weighted by atomic mass is 32.2. The third-order valence-corrected chi connectivity index (χ3v) is 6.57. The summed E-state index contributed by atoms with van der Waals surface area (Å²) in [7, 11) is -2.44. The molecule has 1 heterocycles. The molecule has 0 aliphatic carbocycles. The van der Waals surface area contributed by atoms with E-state index in [2.05, 4.69) is 11.7 Å². The van der Waals surface area contributed by atoms with E-state index in [0.717, 1.165) is 38.2 Å². The number of nitrogens with zero attached hydrogens (tertiary/aromatic N) is 1. The maximum Gasteiger partial charge on any atom is 0.307 e. The van der Waals surface area contributed by atoms with Crippen molar-refractivity contribution in [2.24, 2.45) is 0 Å². The van der Waals surface area contributed by atoms with E-state index in [1.165, 1.54) is 30.0 Å². The van der Waals surface area contributed by atoms with Crippen molar-refractivity contribution in [3.63, 3.8) is 0 Å².